The Morgan fingerprint density at radius 3 is 2.00 bits per heavy atom. The fourth-order valence-electron chi connectivity index (χ4n) is 9.78. The molecule has 0 aliphatic carbocycles. The summed E-state index contributed by atoms with van der Waals surface area (Å²) < 4.78 is 39.0. The second-order valence-corrected chi connectivity index (χ2v) is 22.8. The number of benzene rings is 2. The molecular formula is C61H91N11O18S. The van der Waals surface area contributed by atoms with Crippen molar-refractivity contribution in [2.75, 3.05) is 156 Å². The van der Waals surface area contributed by atoms with Crippen LogP contribution in [0.25, 0.3) is 0 Å². The lowest BCUT2D eigenvalue weighted by atomic mass is 10.0. The van der Waals surface area contributed by atoms with Crippen LogP contribution in [-0.2, 0) is 89.5 Å². The highest BCUT2D eigenvalue weighted by molar-refractivity contribution is 7.81. The first kappa shape index (κ1) is 74.7. The van der Waals surface area contributed by atoms with Crippen molar-refractivity contribution in [1.29, 1.82) is 0 Å². The topological polar surface area (TPSA) is 350 Å². The Morgan fingerprint density at radius 1 is 0.736 bits per heavy atom. The molecule has 5 rings (SSSR count). The van der Waals surface area contributed by atoms with E-state index in [-0.39, 0.29) is 133 Å². The Morgan fingerprint density at radius 2 is 1.38 bits per heavy atom. The molecule has 29 nitrogen and oxygen atoms in total. The zero-order valence-electron chi connectivity index (χ0n) is 52.6. The molecule has 3 aliphatic heterocycles. The van der Waals surface area contributed by atoms with Crippen LogP contribution in [0.3, 0.4) is 0 Å². The van der Waals surface area contributed by atoms with Crippen molar-refractivity contribution in [3.8, 4) is 0 Å². The molecule has 0 saturated carbocycles. The maximum Gasteiger partial charge on any atom is 0.410 e. The minimum Gasteiger partial charge on any atom is -0.445 e. The molecule has 7 N–H and O–H groups in total. The molecule has 0 bridgehead atoms. The SMILES string of the molecule is CNC1CCN(CCOCCN(CC(=O)Nc2cccc(C=O)c2CN(C)C2CCC(=O)NC2=O)C(=O)OCc2ccc(NC(=O)CNC(=O)C(NC(=O)CCOCCOCCOCCOCCOCCNC(=O)CCN3C(=O)CC(S)C3=O)C(C)C)cc2)CC1. The zero-order valence-corrected chi connectivity index (χ0v) is 53.5. The van der Waals surface area contributed by atoms with Gasteiger partial charge in [-0.05, 0) is 76.1 Å². The quantitative estimate of drug-likeness (QED) is 0.0191. The monoisotopic (exact) mass is 1300 g/mol. The molecule has 0 spiro atoms. The molecule has 3 unspecified atom stereocenters. The molecule has 0 aromatic heterocycles. The Balaban J connectivity index is 0.940. The van der Waals surface area contributed by atoms with Gasteiger partial charge in [0.2, 0.25) is 53.2 Å². The Kier molecular flexibility index (Phi) is 34.1. The molecular weight excluding hydrogens is 1210 g/mol. The smallest absolute Gasteiger partial charge is 0.410 e. The van der Waals surface area contributed by atoms with E-state index in [9.17, 15) is 52.7 Å². The number of amides is 10. The van der Waals surface area contributed by atoms with Gasteiger partial charge in [0, 0.05) is 87.0 Å². The summed E-state index contributed by atoms with van der Waals surface area (Å²) in [6.07, 6.45) is 2.41. The van der Waals surface area contributed by atoms with Crippen molar-refractivity contribution in [3.05, 3.63) is 59.2 Å². The first-order chi connectivity index (χ1) is 43.8. The van der Waals surface area contributed by atoms with Gasteiger partial charge in [0.15, 0.2) is 0 Å². The normalized spacial score (nSPS) is 16.6. The van der Waals surface area contributed by atoms with E-state index in [1.54, 1.807) is 68.3 Å². The van der Waals surface area contributed by atoms with Gasteiger partial charge < -0.3 is 70.0 Å². The molecule has 91 heavy (non-hydrogen) atoms. The van der Waals surface area contributed by atoms with Crippen LogP contribution in [0.15, 0.2) is 42.5 Å². The number of likely N-dealkylation sites (N-methyl/N-ethyl adjacent to an activating group) is 1. The van der Waals surface area contributed by atoms with Crippen LogP contribution in [0.2, 0.25) is 0 Å². The molecule has 3 atom stereocenters. The van der Waals surface area contributed by atoms with Gasteiger partial charge in [-0.25, -0.2) is 4.79 Å². The lowest BCUT2D eigenvalue weighted by molar-refractivity contribution is -0.139. The molecule has 30 heteroatoms. The van der Waals surface area contributed by atoms with Crippen molar-refractivity contribution >= 4 is 89.5 Å². The number of thiol groups is 1. The van der Waals surface area contributed by atoms with Gasteiger partial charge in [0.05, 0.1) is 97.1 Å². The van der Waals surface area contributed by atoms with Gasteiger partial charge in [-0.15, -0.1) is 0 Å². The third-order valence-electron chi connectivity index (χ3n) is 15.0. The predicted molar refractivity (Wildman–Crippen MR) is 334 cm³/mol. The first-order valence-electron chi connectivity index (χ1n) is 30.8. The summed E-state index contributed by atoms with van der Waals surface area (Å²) in [5.74, 6) is -4.19. The second kappa shape index (κ2) is 41.5. The van der Waals surface area contributed by atoms with E-state index >= 15 is 0 Å². The van der Waals surface area contributed by atoms with Gasteiger partial charge in [0.1, 0.15) is 25.5 Å². The van der Waals surface area contributed by atoms with Crippen LogP contribution in [0.5, 0.6) is 0 Å². The average molecular weight is 1300 g/mol. The first-order valence-corrected chi connectivity index (χ1v) is 31.3. The Hall–Kier alpha value is -7.00. The van der Waals surface area contributed by atoms with E-state index in [4.69, 9.17) is 33.2 Å². The molecule has 10 amide bonds. The second-order valence-electron chi connectivity index (χ2n) is 22.2. The van der Waals surface area contributed by atoms with Crippen LogP contribution in [-0.4, -0.2) is 254 Å². The molecule has 3 heterocycles. The standard InChI is InChI=1S/C61H91N11O18S/c1-42(2)57(67-53(76)17-24-84-28-30-87-32-34-89-35-33-88-31-29-85-25-18-63-51(74)16-21-72-56(79)36-50(91)60(72)82)59(81)64-37-54(77)65-46-10-8-43(9-11-46)41-90-61(83)71(23-27-86-26-22-70-19-14-45(62-3)15-20-70)39-55(78)66-48-7-5-6-44(40-73)47(48)38-69(4)49-12-13-52(75)68-58(49)80/h5-11,40,42,45,49-50,57,62,91H,12-39,41H2,1-4H3,(H,63,74)(H,64,81)(H,65,77)(H,66,78)(H,67,76)(H,68,75,80). The van der Waals surface area contributed by atoms with E-state index in [0.717, 1.165) is 30.8 Å². The fourth-order valence-corrected chi connectivity index (χ4v) is 10.1. The predicted octanol–water partition coefficient (Wildman–Crippen LogP) is 0.246. The van der Waals surface area contributed by atoms with Crippen molar-refractivity contribution in [2.45, 2.75) is 95.3 Å². The number of carbonyl (C=O) groups excluding carboxylic acids is 11. The zero-order chi connectivity index (χ0) is 65.9. The minimum absolute atomic E-state index is 0.00941. The summed E-state index contributed by atoms with van der Waals surface area (Å²) in [5, 5.41) is 18.5. The number of hydrogen-bond acceptors (Lipinski definition) is 22. The van der Waals surface area contributed by atoms with Gasteiger partial charge in [0.25, 0.3) is 0 Å². The van der Waals surface area contributed by atoms with Gasteiger partial charge in [-0.1, -0.05) is 38.1 Å². The van der Waals surface area contributed by atoms with Crippen molar-refractivity contribution < 1.29 is 85.9 Å². The Labute approximate surface area is 536 Å². The van der Waals surface area contributed by atoms with Crippen LogP contribution < -0.4 is 37.2 Å². The van der Waals surface area contributed by atoms with Crippen LogP contribution in [0.4, 0.5) is 16.2 Å². The largest absolute Gasteiger partial charge is 0.445 e. The molecule has 0 radical (unpaired) electrons. The lowest BCUT2D eigenvalue weighted by Gasteiger charge is -2.31. The summed E-state index contributed by atoms with van der Waals surface area (Å²) in [4.78, 5) is 145. The molecule has 2 aromatic rings. The summed E-state index contributed by atoms with van der Waals surface area (Å²) in [7, 11) is 3.65. The number of piperidine rings is 2. The van der Waals surface area contributed by atoms with E-state index in [2.05, 4.69) is 54.7 Å². The maximum absolute atomic E-state index is 13.7. The number of likely N-dealkylation sites (tertiary alicyclic amines) is 2. The van der Waals surface area contributed by atoms with E-state index in [1.807, 2.05) is 7.05 Å². The van der Waals surface area contributed by atoms with E-state index in [0.29, 0.717) is 94.0 Å². The number of ether oxygens (including phenoxy) is 7. The Bertz CT molecular complexity index is 2700. The van der Waals surface area contributed by atoms with Crippen LogP contribution >= 0.6 is 12.6 Å². The molecule has 3 saturated heterocycles. The highest BCUT2D eigenvalue weighted by atomic mass is 32.1. The number of nitrogens with one attached hydrogen (secondary N) is 7. The summed E-state index contributed by atoms with van der Waals surface area (Å²) >= 11 is 4.06. The van der Waals surface area contributed by atoms with Crippen LogP contribution in [0.1, 0.15) is 80.3 Å². The van der Waals surface area contributed by atoms with Crippen molar-refractivity contribution in [1.82, 2.24) is 46.2 Å². The molecule has 504 valence electrons. The number of rotatable bonds is 43. The minimum atomic E-state index is -0.923. The summed E-state index contributed by atoms with van der Waals surface area (Å²) in [6, 6.07) is 10.2. The number of imide groups is 2. The summed E-state index contributed by atoms with van der Waals surface area (Å²) in [5.41, 5.74) is 2.00. The number of carbonyl (C=O) groups is 11. The summed E-state index contributed by atoms with van der Waals surface area (Å²) in [6.45, 7) is 8.88. The van der Waals surface area contributed by atoms with Gasteiger partial charge in [-0.2, -0.15) is 12.6 Å². The highest BCUT2D eigenvalue weighted by Gasteiger charge is 2.36. The fraction of sp³-hybridized carbons (Fsp3) is 0.623. The number of aldehydes is 1. The molecule has 3 fully saturated rings. The van der Waals surface area contributed by atoms with E-state index < -0.39 is 59.5 Å². The average Bonchev–Trinajstić information content (AvgIpc) is 2.35. The van der Waals surface area contributed by atoms with Gasteiger partial charge in [-0.3, -0.25) is 68.0 Å². The van der Waals surface area contributed by atoms with Crippen LogP contribution in [0, 0.1) is 5.92 Å². The maximum atomic E-state index is 13.7. The number of hydrogen-bond donors (Lipinski definition) is 8. The lowest BCUT2D eigenvalue weighted by Crippen LogP contribution is -2.51. The third kappa shape index (κ3) is 27.8. The third-order valence-corrected chi connectivity index (χ3v) is 15.4. The molecule has 2 aromatic carbocycles. The number of anilines is 2. The highest BCUT2D eigenvalue weighted by Crippen LogP contribution is 2.24. The molecule has 3 aliphatic rings. The van der Waals surface area contributed by atoms with Crippen molar-refractivity contribution in [2.24, 2.45) is 5.92 Å². The van der Waals surface area contributed by atoms with Crippen molar-refractivity contribution in [3.63, 3.8) is 0 Å². The number of nitrogens with zero attached hydrogens (tertiary/aromatic N) is 4. The van der Waals surface area contributed by atoms with Gasteiger partial charge >= 0.3 is 6.09 Å². The van der Waals surface area contributed by atoms with E-state index in [1.165, 1.54) is 4.90 Å².